The van der Waals surface area contributed by atoms with E-state index in [1.54, 1.807) is 0 Å². The highest BCUT2D eigenvalue weighted by molar-refractivity contribution is 7.90. The topological polar surface area (TPSA) is 62.0 Å². The Hall–Kier alpha value is -1.33. The second-order valence-corrected chi connectivity index (χ2v) is 9.06. The maximum absolute atomic E-state index is 11.5. The minimum atomic E-state index is -2.89. The predicted molar refractivity (Wildman–Crippen MR) is 90.8 cm³/mol. The number of para-hydroxylation sites is 1. The molecule has 0 unspecified atom stereocenters. The first-order valence-corrected chi connectivity index (χ1v) is 9.89. The van der Waals surface area contributed by atoms with E-state index in [0.29, 0.717) is 11.8 Å². The maximum atomic E-state index is 11.5. The second kappa shape index (κ2) is 5.70. The Morgan fingerprint density at radius 3 is 2.73 bits per heavy atom. The molecule has 120 valence electrons. The monoisotopic (exact) mass is 320 g/mol. The van der Waals surface area contributed by atoms with Crippen molar-refractivity contribution in [2.75, 3.05) is 18.6 Å². The van der Waals surface area contributed by atoms with Crippen molar-refractivity contribution in [2.45, 2.75) is 32.2 Å². The third-order valence-electron chi connectivity index (χ3n) is 4.55. The Kier molecular flexibility index (Phi) is 4.03. The van der Waals surface area contributed by atoms with Crippen LogP contribution < -0.4 is 5.32 Å². The molecule has 1 atom stereocenters. The molecule has 4 nitrogen and oxygen atoms in total. The van der Waals surface area contributed by atoms with Gasteiger partial charge < -0.3 is 10.3 Å². The van der Waals surface area contributed by atoms with Gasteiger partial charge in [-0.25, -0.2) is 8.42 Å². The molecule has 1 aliphatic rings. The molecule has 0 aliphatic heterocycles. The molecule has 1 aliphatic carbocycles. The SMILES string of the molecule is C[C@H](Cc1c[nH]c2ccccc12)NCC1(CS(C)(=O)=O)CC1. The highest BCUT2D eigenvalue weighted by Gasteiger charge is 2.44. The smallest absolute Gasteiger partial charge is 0.148 e. The van der Waals surface area contributed by atoms with Gasteiger partial charge in [0.2, 0.25) is 0 Å². The number of hydrogen-bond acceptors (Lipinski definition) is 3. The average Bonchev–Trinajstić information content (AvgIpc) is 3.07. The molecular formula is C17H24N2O2S. The van der Waals surface area contributed by atoms with E-state index in [2.05, 4.69) is 41.6 Å². The Morgan fingerprint density at radius 1 is 1.32 bits per heavy atom. The van der Waals surface area contributed by atoms with Crippen molar-refractivity contribution in [3.05, 3.63) is 36.0 Å². The van der Waals surface area contributed by atoms with Crippen molar-refractivity contribution in [3.63, 3.8) is 0 Å². The lowest BCUT2D eigenvalue weighted by molar-refractivity contribution is 0.446. The lowest BCUT2D eigenvalue weighted by atomic mass is 10.0. The van der Waals surface area contributed by atoms with Gasteiger partial charge in [0.1, 0.15) is 9.84 Å². The van der Waals surface area contributed by atoms with E-state index in [9.17, 15) is 8.42 Å². The fourth-order valence-electron chi connectivity index (χ4n) is 3.20. The van der Waals surface area contributed by atoms with E-state index < -0.39 is 9.84 Å². The van der Waals surface area contributed by atoms with Gasteiger partial charge in [-0.1, -0.05) is 18.2 Å². The molecule has 2 N–H and O–H groups in total. The second-order valence-electron chi connectivity index (χ2n) is 6.92. The Balaban J connectivity index is 1.58. The number of rotatable bonds is 7. The Morgan fingerprint density at radius 2 is 2.05 bits per heavy atom. The summed E-state index contributed by atoms with van der Waals surface area (Å²) in [6.45, 7) is 2.96. The fraction of sp³-hybridized carbons (Fsp3) is 0.529. The zero-order chi connectivity index (χ0) is 15.8. The third-order valence-corrected chi connectivity index (χ3v) is 5.69. The molecule has 1 saturated carbocycles. The molecule has 1 heterocycles. The van der Waals surface area contributed by atoms with E-state index in [1.807, 2.05) is 6.07 Å². The molecule has 0 amide bonds. The molecule has 5 heteroatoms. The van der Waals surface area contributed by atoms with Crippen molar-refractivity contribution in [1.29, 1.82) is 0 Å². The fourth-order valence-corrected chi connectivity index (χ4v) is 4.70. The van der Waals surface area contributed by atoms with Crippen LogP contribution in [0.1, 0.15) is 25.3 Å². The number of sulfone groups is 1. The first-order valence-electron chi connectivity index (χ1n) is 7.83. The predicted octanol–water partition coefficient (Wildman–Crippen LogP) is 2.51. The number of hydrogen-bond donors (Lipinski definition) is 2. The third kappa shape index (κ3) is 3.70. The van der Waals surface area contributed by atoms with E-state index in [-0.39, 0.29) is 5.41 Å². The molecule has 22 heavy (non-hydrogen) atoms. The summed E-state index contributed by atoms with van der Waals surface area (Å²) in [6, 6.07) is 8.65. The van der Waals surface area contributed by atoms with Crippen LogP contribution in [-0.4, -0.2) is 38.0 Å². The van der Waals surface area contributed by atoms with Crippen molar-refractivity contribution in [2.24, 2.45) is 5.41 Å². The summed E-state index contributed by atoms with van der Waals surface area (Å²) in [5, 5.41) is 4.80. The van der Waals surface area contributed by atoms with Gasteiger partial charge in [0.15, 0.2) is 0 Å². The van der Waals surface area contributed by atoms with Crippen LogP contribution in [0.3, 0.4) is 0 Å². The van der Waals surface area contributed by atoms with Crippen LogP contribution in [0.15, 0.2) is 30.5 Å². The molecule has 0 saturated heterocycles. The normalized spacial score (nSPS) is 18.5. The number of benzene rings is 1. The molecule has 1 aromatic heterocycles. The number of aromatic nitrogens is 1. The molecule has 0 spiro atoms. The van der Waals surface area contributed by atoms with Crippen LogP contribution in [0, 0.1) is 5.41 Å². The van der Waals surface area contributed by atoms with Gasteiger partial charge in [0, 0.05) is 35.9 Å². The molecule has 3 rings (SSSR count). The molecule has 1 fully saturated rings. The summed E-state index contributed by atoms with van der Waals surface area (Å²) < 4.78 is 23.0. The van der Waals surface area contributed by atoms with E-state index in [4.69, 9.17) is 0 Å². The Labute approximate surface area is 132 Å². The van der Waals surface area contributed by atoms with E-state index in [0.717, 1.165) is 25.8 Å². The van der Waals surface area contributed by atoms with Crippen LogP contribution in [0.25, 0.3) is 10.9 Å². The van der Waals surface area contributed by atoms with Crippen LogP contribution in [0.5, 0.6) is 0 Å². The number of fused-ring (bicyclic) bond motifs is 1. The summed E-state index contributed by atoms with van der Waals surface area (Å²) >= 11 is 0. The first kappa shape index (κ1) is 15.6. The number of nitrogens with one attached hydrogen (secondary N) is 2. The summed E-state index contributed by atoms with van der Waals surface area (Å²) in [5.41, 5.74) is 2.46. The van der Waals surface area contributed by atoms with Gasteiger partial charge in [0.25, 0.3) is 0 Å². The summed E-state index contributed by atoms with van der Waals surface area (Å²) in [4.78, 5) is 3.30. The highest BCUT2D eigenvalue weighted by Crippen LogP contribution is 2.46. The summed E-state index contributed by atoms with van der Waals surface area (Å²) in [6.07, 6.45) is 6.40. The lowest BCUT2D eigenvalue weighted by Crippen LogP contribution is -2.36. The zero-order valence-corrected chi connectivity index (χ0v) is 14.0. The van der Waals surface area contributed by atoms with Crippen molar-refractivity contribution >= 4 is 20.7 Å². The quantitative estimate of drug-likeness (QED) is 0.824. The van der Waals surface area contributed by atoms with Crippen molar-refractivity contribution < 1.29 is 8.42 Å². The Bertz CT molecular complexity index is 760. The number of aromatic amines is 1. The van der Waals surface area contributed by atoms with Gasteiger partial charge in [0.05, 0.1) is 5.75 Å². The van der Waals surface area contributed by atoms with Gasteiger partial charge >= 0.3 is 0 Å². The van der Waals surface area contributed by atoms with Gasteiger partial charge in [-0.2, -0.15) is 0 Å². The standard InChI is InChI=1S/C17H24N2O2S/c1-13(19-11-17(7-8-17)12-22(2,20)21)9-14-10-18-16-6-4-3-5-15(14)16/h3-6,10,13,18-19H,7-9,11-12H2,1-2H3/t13-/m1/s1. The van der Waals surface area contributed by atoms with Crippen LogP contribution >= 0.6 is 0 Å². The van der Waals surface area contributed by atoms with Gasteiger partial charge in [-0.15, -0.1) is 0 Å². The van der Waals surface area contributed by atoms with E-state index in [1.165, 1.54) is 22.7 Å². The first-order chi connectivity index (χ1) is 10.4. The van der Waals surface area contributed by atoms with Gasteiger partial charge in [-0.05, 0) is 43.2 Å². The van der Waals surface area contributed by atoms with Crippen LogP contribution in [0.4, 0.5) is 0 Å². The maximum Gasteiger partial charge on any atom is 0.148 e. The minimum Gasteiger partial charge on any atom is -0.361 e. The average molecular weight is 320 g/mol. The zero-order valence-electron chi connectivity index (χ0n) is 13.2. The lowest BCUT2D eigenvalue weighted by Gasteiger charge is -2.19. The summed E-state index contributed by atoms with van der Waals surface area (Å²) in [7, 11) is -2.89. The van der Waals surface area contributed by atoms with Crippen LogP contribution in [0.2, 0.25) is 0 Å². The molecule has 0 bridgehead atoms. The number of H-pyrrole nitrogens is 1. The van der Waals surface area contributed by atoms with Gasteiger partial charge in [-0.3, -0.25) is 0 Å². The highest BCUT2D eigenvalue weighted by atomic mass is 32.2. The minimum absolute atomic E-state index is 0.0118. The molecule has 1 aromatic carbocycles. The van der Waals surface area contributed by atoms with Crippen LogP contribution in [-0.2, 0) is 16.3 Å². The largest absolute Gasteiger partial charge is 0.361 e. The molecule has 2 aromatic rings. The van der Waals surface area contributed by atoms with E-state index >= 15 is 0 Å². The molecule has 0 radical (unpaired) electrons. The summed E-state index contributed by atoms with van der Waals surface area (Å²) in [5.74, 6) is 0.312. The van der Waals surface area contributed by atoms with Crippen molar-refractivity contribution in [3.8, 4) is 0 Å². The van der Waals surface area contributed by atoms with Crippen molar-refractivity contribution in [1.82, 2.24) is 10.3 Å². The molecular weight excluding hydrogens is 296 g/mol.